The van der Waals surface area contributed by atoms with Gasteiger partial charge in [0.1, 0.15) is 11.5 Å². The minimum atomic E-state index is -0.468. The first-order valence-corrected chi connectivity index (χ1v) is 10.9. The molecule has 0 aliphatic rings. The van der Waals surface area contributed by atoms with Gasteiger partial charge < -0.3 is 9.47 Å². The molecule has 0 heterocycles. The molecule has 0 atom stereocenters. The van der Waals surface area contributed by atoms with Crippen LogP contribution in [-0.4, -0.2) is 29.6 Å². The van der Waals surface area contributed by atoms with Gasteiger partial charge in [0.05, 0.1) is 16.1 Å². The molecule has 160 valence electrons. The van der Waals surface area contributed by atoms with Crippen molar-refractivity contribution in [1.29, 1.82) is 0 Å². The number of carbonyl (C=O) groups is 2. The van der Waals surface area contributed by atoms with Crippen molar-refractivity contribution in [3.63, 3.8) is 0 Å². The van der Waals surface area contributed by atoms with Crippen LogP contribution in [0.5, 0.6) is 11.5 Å². The third kappa shape index (κ3) is 7.26. The lowest BCUT2D eigenvalue weighted by atomic mass is 10.2. The Bertz CT molecular complexity index is 930. The van der Waals surface area contributed by atoms with Gasteiger partial charge in [-0.05, 0) is 78.7 Å². The van der Waals surface area contributed by atoms with Gasteiger partial charge in [-0.25, -0.2) is 0 Å². The molecule has 2 rings (SSSR count). The number of thiocarbonyl (C=S) groups is 1. The number of hydrogen-bond acceptors (Lipinski definition) is 5. The molecule has 2 amide bonds. The number of ether oxygens (including phenoxy) is 2. The zero-order valence-corrected chi connectivity index (χ0v) is 20.5. The largest absolute Gasteiger partial charge is 0.490 e. The van der Waals surface area contributed by atoms with E-state index in [4.69, 9.17) is 21.7 Å². The molecule has 0 fully saturated rings. The van der Waals surface area contributed by atoms with Crippen LogP contribution in [0.1, 0.15) is 29.8 Å². The highest BCUT2D eigenvalue weighted by Gasteiger charge is 2.15. The van der Waals surface area contributed by atoms with Gasteiger partial charge in [-0.2, -0.15) is 0 Å². The molecule has 0 saturated heterocycles. The number of benzene rings is 2. The van der Waals surface area contributed by atoms with Crippen molar-refractivity contribution >= 4 is 61.0 Å². The van der Waals surface area contributed by atoms with Crippen molar-refractivity contribution in [3.8, 4) is 11.5 Å². The second-order valence-electron chi connectivity index (χ2n) is 6.44. The number of halogens is 2. The maximum Gasteiger partial charge on any atom is 0.276 e. The number of carbonyl (C=O) groups excluding carboxylic acids is 2. The van der Waals surface area contributed by atoms with Crippen molar-refractivity contribution in [3.05, 3.63) is 56.5 Å². The summed E-state index contributed by atoms with van der Waals surface area (Å²) in [6, 6.07) is 10.5. The van der Waals surface area contributed by atoms with E-state index in [0.717, 1.165) is 14.5 Å². The lowest BCUT2D eigenvalue weighted by molar-refractivity contribution is -0.123. The average Bonchev–Trinajstić information content (AvgIpc) is 2.65. The summed E-state index contributed by atoms with van der Waals surface area (Å²) in [5.74, 6) is 0.0831. The third-order valence-electron chi connectivity index (χ3n) is 3.58. The first-order chi connectivity index (χ1) is 14.2. The van der Waals surface area contributed by atoms with E-state index in [1.165, 1.54) is 0 Å². The summed E-state index contributed by atoms with van der Waals surface area (Å²) in [5.41, 5.74) is 6.06. The van der Waals surface area contributed by atoms with E-state index >= 15 is 0 Å². The maximum atomic E-state index is 12.5. The smallest absolute Gasteiger partial charge is 0.276 e. The Morgan fingerprint density at radius 3 is 2.50 bits per heavy atom. The summed E-state index contributed by atoms with van der Waals surface area (Å²) < 4.78 is 12.8. The molecular formula is C20H21Br2N3O4S. The predicted octanol–water partition coefficient (Wildman–Crippen LogP) is 4.02. The minimum Gasteiger partial charge on any atom is -0.490 e. The molecule has 0 unspecified atom stereocenters. The summed E-state index contributed by atoms with van der Waals surface area (Å²) in [6.45, 7) is 5.36. The summed E-state index contributed by atoms with van der Waals surface area (Å²) in [7, 11) is 0. The highest BCUT2D eigenvalue weighted by molar-refractivity contribution is 9.11. The van der Waals surface area contributed by atoms with Crippen molar-refractivity contribution < 1.29 is 19.1 Å². The van der Waals surface area contributed by atoms with E-state index in [-0.39, 0.29) is 17.8 Å². The number of aryl methyl sites for hydroxylation is 1. The third-order valence-corrected chi connectivity index (χ3v) is 4.83. The number of hydrazine groups is 1. The van der Waals surface area contributed by atoms with Gasteiger partial charge in [0.25, 0.3) is 11.8 Å². The van der Waals surface area contributed by atoms with Crippen LogP contribution in [-0.2, 0) is 4.79 Å². The summed E-state index contributed by atoms with van der Waals surface area (Å²) >= 11 is 11.8. The first kappa shape index (κ1) is 24.1. The number of rotatable bonds is 6. The second kappa shape index (κ2) is 11.3. The second-order valence-corrected chi connectivity index (χ2v) is 8.62. The molecular weight excluding hydrogens is 538 g/mol. The van der Waals surface area contributed by atoms with Crippen molar-refractivity contribution in [2.24, 2.45) is 0 Å². The van der Waals surface area contributed by atoms with Crippen molar-refractivity contribution in [2.45, 2.75) is 26.9 Å². The first-order valence-electron chi connectivity index (χ1n) is 8.91. The lowest BCUT2D eigenvalue weighted by Crippen LogP contribution is -2.49. The molecule has 0 radical (unpaired) electrons. The zero-order chi connectivity index (χ0) is 22.3. The fraction of sp³-hybridized carbons (Fsp3) is 0.250. The average molecular weight is 559 g/mol. The van der Waals surface area contributed by atoms with Crippen LogP contribution < -0.4 is 25.6 Å². The summed E-state index contributed by atoms with van der Waals surface area (Å²) in [5, 5.41) is 2.44. The summed E-state index contributed by atoms with van der Waals surface area (Å²) in [4.78, 5) is 24.5. The molecule has 2 aromatic carbocycles. The Balaban J connectivity index is 1.85. The van der Waals surface area contributed by atoms with E-state index < -0.39 is 11.8 Å². The van der Waals surface area contributed by atoms with E-state index in [1.807, 2.05) is 32.9 Å². The topological polar surface area (TPSA) is 88.7 Å². The van der Waals surface area contributed by atoms with Gasteiger partial charge in [0.15, 0.2) is 11.7 Å². The van der Waals surface area contributed by atoms with Crippen molar-refractivity contribution in [2.75, 3.05) is 6.61 Å². The van der Waals surface area contributed by atoms with Gasteiger partial charge in [0.2, 0.25) is 0 Å². The monoisotopic (exact) mass is 557 g/mol. The SMILES string of the molecule is Cc1cc(Br)cc(Br)c1OCC(=O)NNC(=S)NC(=O)c1ccccc1OC(C)C. The van der Waals surface area contributed by atoms with Crippen LogP contribution >= 0.6 is 44.1 Å². The van der Waals surface area contributed by atoms with Gasteiger partial charge in [-0.1, -0.05) is 28.1 Å². The van der Waals surface area contributed by atoms with E-state index in [9.17, 15) is 9.59 Å². The molecule has 0 aromatic heterocycles. The fourth-order valence-electron chi connectivity index (χ4n) is 2.38. The van der Waals surface area contributed by atoms with Gasteiger partial charge in [0, 0.05) is 4.47 Å². The Kier molecular flexibility index (Phi) is 9.07. The normalized spacial score (nSPS) is 10.3. The molecule has 0 bridgehead atoms. The van der Waals surface area contributed by atoms with Crippen LogP contribution in [0.3, 0.4) is 0 Å². The molecule has 0 saturated carbocycles. The Morgan fingerprint density at radius 1 is 1.13 bits per heavy atom. The molecule has 2 aromatic rings. The fourth-order valence-corrected chi connectivity index (χ4v) is 4.08. The standard InChI is InChI=1S/C20H21Br2N3O4S/c1-11(2)29-16-7-5-4-6-14(16)19(27)23-20(30)25-24-17(26)10-28-18-12(3)8-13(21)9-15(18)22/h4-9,11H,10H2,1-3H3,(H,24,26)(H2,23,25,27,30). The Hall–Kier alpha value is -2.17. The Labute approximate surface area is 197 Å². The predicted molar refractivity (Wildman–Crippen MR) is 126 cm³/mol. The van der Waals surface area contributed by atoms with Gasteiger partial charge in [-0.3, -0.25) is 25.8 Å². The van der Waals surface area contributed by atoms with Crippen LogP contribution in [0.2, 0.25) is 0 Å². The highest BCUT2D eigenvalue weighted by atomic mass is 79.9. The van der Waals surface area contributed by atoms with Crippen LogP contribution in [0.15, 0.2) is 45.3 Å². The van der Waals surface area contributed by atoms with E-state index in [1.54, 1.807) is 24.3 Å². The summed E-state index contributed by atoms with van der Waals surface area (Å²) in [6.07, 6.45) is -0.0854. The molecule has 7 nitrogen and oxygen atoms in total. The zero-order valence-electron chi connectivity index (χ0n) is 16.5. The van der Waals surface area contributed by atoms with Crippen LogP contribution in [0, 0.1) is 6.92 Å². The molecule has 30 heavy (non-hydrogen) atoms. The van der Waals surface area contributed by atoms with Gasteiger partial charge in [-0.15, -0.1) is 0 Å². The highest BCUT2D eigenvalue weighted by Crippen LogP contribution is 2.32. The van der Waals surface area contributed by atoms with Crippen LogP contribution in [0.25, 0.3) is 0 Å². The molecule has 3 N–H and O–H groups in total. The number of nitrogens with one attached hydrogen (secondary N) is 3. The quantitative estimate of drug-likeness (QED) is 0.366. The minimum absolute atomic E-state index is 0.0614. The number of amides is 2. The Morgan fingerprint density at radius 2 is 1.83 bits per heavy atom. The van der Waals surface area contributed by atoms with E-state index in [2.05, 4.69) is 48.0 Å². The molecule has 10 heteroatoms. The molecule has 0 aliphatic heterocycles. The van der Waals surface area contributed by atoms with Crippen molar-refractivity contribution in [1.82, 2.24) is 16.2 Å². The maximum absolute atomic E-state index is 12.5. The number of hydrogen-bond donors (Lipinski definition) is 3. The lowest BCUT2D eigenvalue weighted by Gasteiger charge is -2.15. The molecule has 0 spiro atoms. The van der Waals surface area contributed by atoms with Crippen LogP contribution in [0.4, 0.5) is 0 Å². The van der Waals surface area contributed by atoms with Gasteiger partial charge >= 0.3 is 0 Å². The van der Waals surface area contributed by atoms with E-state index in [0.29, 0.717) is 17.1 Å². The molecule has 0 aliphatic carbocycles. The number of para-hydroxylation sites is 1.